The molecule has 0 saturated heterocycles. The average molecular weight is 214 g/mol. The highest BCUT2D eigenvalue weighted by Crippen LogP contribution is 2.12. The summed E-state index contributed by atoms with van der Waals surface area (Å²) in [5.41, 5.74) is 0.0982. The molecule has 1 heterocycles. The Hall–Kier alpha value is -2.36. The molecular weight excluding hydrogens is 208 g/mol. The SMILES string of the molecule is O=c1ccc(=O)c2oc3ccccc3oc1=2. The Balaban J connectivity index is 2.75. The highest BCUT2D eigenvalue weighted by Gasteiger charge is 2.05. The van der Waals surface area contributed by atoms with Crippen LogP contribution in [0.2, 0.25) is 0 Å². The van der Waals surface area contributed by atoms with Gasteiger partial charge in [-0.1, -0.05) is 12.1 Å². The minimum atomic E-state index is -0.357. The zero-order valence-corrected chi connectivity index (χ0v) is 8.10. The lowest BCUT2D eigenvalue weighted by Crippen LogP contribution is -2.11. The summed E-state index contributed by atoms with van der Waals surface area (Å²) >= 11 is 0. The number of benzene rings is 1. The van der Waals surface area contributed by atoms with Crippen LogP contribution < -0.4 is 10.9 Å². The molecule has 78 valence electrons. The predicted octanol–water partition coefficient (Wildman–Crippen LogP) is 1.47. The maximum atomic E-state index is 11.5. The van der Waals surface area contributed by atoms with E-state index in [-0.39, 0.29) is 21.7 Å². The molecule has 4 heteroatoms. The number of para-hydroxylation sites is 2. The Morgan fingerprint density at radius 1 is 0.688 bits per heavy atom. The zero-order chi connectivity index (χ0) is 11.1. The number of hydrogen-bond acceptors (Lipinski definition) is 4. The molecule has 0 atom stereocenters. The second-order valence-corrected chi connectivity index (χ2v) is 3.37. The molecule has 3 rings (SSSR count). The van der Waals surface area contributed by atoms with Crippen LogP contribution >= 0.6 is 0 Å². The van der Waals surface area contributed by atoms with Crippen molar-refractivity contribution in [3.8, 4) is 0 Å². The summed E-state index contributed by atoms with van der Waals surface area (Å²) in [6.07, 6.45) is 0. The fourth-order valence-corrected chi connectivity index (χ4v) is 1.56. The summed E-state index contributed by atoms with van der Waals surface area (Å²) in [4.78, 5) is 23.0. The summed E-state index contributed by atoms with van der Waals surface area (Å²) in [6.45, 7) is 0. The van der Waals surface area contributed by atoms with E-state index in [2.05, 4.69) is 0 Å². The third kappa shape index (κ3) is 1.16. The second-order valence-electron chi connectivity index (χ2n) is 3.37. The molecule has 0 unspecified atom stereocenters. The zero-order valence-electron chi connectivity index (χ0n) is 8.10. The fourth-order valence-electron chi connectivity index (χ4n) is 1.56. The van der Waals surface area contributed by atoms with Gasteiger partial charge in [-0.25, -0.2) is 0 Å². The van der Waals surface area contributed by atoms with Crippen LogP contribution in [0, 0.1) is 10.8 Å². The smallest absolute Gasteiger partial charge is 0.225 e. The van der Waals surface area contributed by atoms with Gasteiger partial charge in [0.05, 0.1) is 0 Å². The van der Waals surface area contributed by atoms with Crippen molar-refractivity contribution in [3.05, 3.63) is 67.7 Å². The number of hydrogen-bond donors (Lipinski definition) is 0. The molecule has 0 radical (unpaired) electrons. The molecular formula is C12H6O4. The Bertz CT molecular complexity index is 770. The van der Waals surface area contributed by atoms with Crippen molar-refractivity contribution in [1.29, 1.82) is 0 Å². The standard InChI is InChI=1S/C12H6O4/c13-7-5-6-8(14)12-11(7)15-9-3-1-2-4-10(9)16-12/h1-6H. The first kappa shape index (κ1) is 8.91. The van der Waals surface area contributed by atoms with Crippen LogP contribution in [-0.4, -0.2) is 0 Å². The van der Waals surface area contributed by atoms with Gasteiger partial charge in [-0.05, 0) is 24.3 Å². The third-order valence-corrected chi connectivity index (χ3v) is 2.31. The quantitative estimate of drug-likeness (QED) is 0.568. The maximum Gasteiger partial charge on any atom is 0.225 e. The Labute approximate surface area is 88.4 Å². The van der Waals surface area contributed by atoms with Crippen molar-refractivity contribution in [2.24, 2.45) is 0 Å². The van der Waals surface area contributed by atoms with Gasteiger partial charge in [0.1, 0.15) is 0 Å². The first-order chi connectivity index (χ1) is 7.75. The molecule has 0 fully saturated rings. The molecule has 16 heavy (non-hydrogen) atoms. The molecule has 0 saturated carbocycles. The molecule has 1 aromatic rings. The Morgan fingerprint density at radius 3 is 1.56 bits per heavy atom. The van der Waals surface area contributed by atoms with Crippen LogP contribution in [0.4, 0.5) is 0 Å². The van der Waals surface area contributed by atoms with Crippen LogP contribution in [0.3, 0.4) is 0 Å². The Kier molecular flexibility index (Phi) is 1.71. The van der Waals surface area contributed by atoms with Gasteiger partial charge in [0.25, 0.3) is 0 Å². The van der Waals surface area contributed by atoms with Crippen LogP contribution in [-0.2, 0) is 0 Å². The Morgan fingerprint density at radius 2 is 1.12 bits per heavy atom. The first-order valence-electron chi connectivity index (χ1n) is 4.71. The van der Waals surface area contributed by atoms with Gasteiger partial charge in [-0.15, -0.1) is 0 Å². The molecule has 0 N–H and O–H groups in total. The second kappa shape index (κ2) is 3.06. The van der Waals surface area contributed by atoms with E-state index < -0.39 is 0 Å². The van der Waals surface area contributed by atoms with E-state index in [1.807, 2.05) is 0 Å². The molecule has 0 aromatic heterocycles. The van der Waals surface area contributed by atoms with Crippen molar-refractivity contribution >= 4 is 11.2 Å². The minimum absolute atomic E-state index is 0.0359. The van der Waals surface area contributed by atoms with Crippen LogP contribution in [0.15, 0.2) is 54.8 Å². The van der Waals surface area contributed by atoms with Gasteiger partial charge in [-0.2, -0.15) is 0 Å². The molecule has 1 aliphatic carbocycles. The van der Waals surface area contributed by atoms with Crippen molar-refractivity contribution < 1.29 is 8.83 Å². The lowest BCUT2D eigenvalue weighted by atomic mass is 10.3. The largest absolute Gasteiger partial charge is 0.445 e. The maximum absolute atomic E-state index is 11.5. The normalized spacial score (nSPS) is 11.0. The predicted molar refractivity (Wildman–Crippen MR) is 56.3 cm³/mol. The van der Waals surface area contributed by atoms with Gasteiger partial charge >= 0.3 is 0 Å². The van der Waals surface area contributed by atoms with E-state index in [0.29, 0.717) is 11.2 Å². The summed E-state index contributed by atoms with van der Waals surface area (Å²) in [5, 5.41) is 0. The highest BCUT2D eigenvalue weighted by atomic mass is 16.4. The lowest BCUT2D eigenvalue weighted by Gasteiger charge is -1.96. The van der Waals surface area contributed by atoms with Crippen LogP contribution in [0.5, 0.6) is 0 Å². The summed E-state index contributed by atoms with van der Waals surface area (Å²) in [7, 11) is 0. The van der Waals surface area contributed by atoms with E-state index in [9.17, 15) is 9.59 Å². The van der Waals surface area contributed by atoms with Crippen molar-refractivity contribution in [2.45, 2.75) is 0 Å². The van der Waals surface area contributed by atoms with Crippen molar-refractivity contribution in [3.63, 3.8) is 0 Å². The third-order valence-electron chi connectivity index (χ3n) is 2.31. The molecule has 4 nitrogen and oxygen atoms in total. The monoisotopic (exact) mass is 214 g/mol. The van der Waals surface area contributed by atoms with Crippen molar-refractivity contribution in [1.82, 2.24) is 0 Å². The molecule has 0 amide bonds. The van der Waals surface area contributed by atoms with Gasteiger partial charge in [-0.3, -0.25) is 9.59 Å². The van der Waals surface area contributed by atoms with E-state index in [1.54, 1.807) is 24.3 Å². The summed E-state index contributed by atoms with van der Waals surface area (Å²) in [5.74, 6) is 0. The molecule has 1 aliphatic heterocycles. The van der Waals surface area contributed by atoms with Gasteiger partial charge < -0.3 is 8.83 Å². The molecule has 0 bridgehead atoms. The first-order valence-corrected chi connectivity index (χ1v) is 4.71. The highest BCUT2D eigenvalue weighted by molar-refractivity contribution is 5.68. The van der Waals surface area contributed by atoms with Crippen LogP contribution in [0.25, 0.3) is 11.2 Å². The minimum Gasteiger partial charge on any atom is -0.445 e. The van der Waals surface area contributed by atoms with E-state index in [1.165, 1.54) is 12.1 Å². The topological polar surface area (TPSA) is 60.4 Å². The summed E-state index contributed by atoms with van der Waals surface area (Å²) in [6, 6.07) is 9.23. The van der Waals surface area contributed by atoms with Gasteiger partial charge in [0.15, 0.2) is 11.2 Å². The summed E-state index contributed by atoms with van der Waals surface area (Å²) < 4.78 is 10.7. The molecule has 0 spiro atoms. The average Bonchev–Trinajstić information content (AvgIpc) is 2.32. The van der Waals surface area contributed by atoms with E-state index in [4.69, 9.17) is 8.83 Å². The van der Waals surface area contributed by atoms with E-state index in [0.717, 1.165) is 0 Å². The molecule has 2 aliphatic rings. The fraction of sp³-hybridized carbons (Fsp3) is 0. The van der Waals surface area contributed by atoms with E-state index >= 15 is 0 Å². The lowest BCUT2D eigenvalue weighted by molar-refractivity contribution is 0.465. The van der Waals surface area contributed by atoms with Gasteiger partial charge in [0, 0.05) is 0 Å². The van der Waals surface area contributed by atoms with Crippen LogP contribution in [0.1, 0.15) is 0 Å². The number of fused-ring (bicyclic) bond motifs is 1. The molecule has 1 aromatic carbocycles. The van der Waals surface area contributed by atoms with Gasteiger partial charge in [0.2, 0.25) is 21.7 Å². The number of rotatable bonds is 0. The van der Waals surface area contributed by atoms with Crippen molar-refractivity contribution in [2.75, 3.05) is 0 Å².